The molecule has 1 aromatic heterocycles. The van der Waals surface area contributed by atoms with Gasteiger partial charge >= 0.3 is 0 Å². The molecule has 2 rings (SSSR count). The minimum absolute atomic E-state index is 0.273. The number of benzene rings is 1. The number of nitrogens with one attached hydrogen (secondary N) is 1. The van der Waals surface area contributed by atoms with Crippen LogP contribution in [0.2, 0.25) is 5.02 Å². The molecule has 0 radical (unpaired) electrons. The maximum Gasteiger partial charge on any atom is 0.243 e. The highest BCUT2D eigenvalue weighted by Crippen LogP contribution is 2.23. The first-order valence-corrected chi connectivity index (χ1v) is 9.43. The van der Waals surface area contributed by atoms with Gasteiger partial charge in [0.15, 0.2) is 0 Å². The van der Waals surface area contributed by atoms with E-state index in [0.29, 0.717) is 10.7 Å². The predicted octanol–water partition coefficient (Wildman–Crippen LogP) is 2.21. The molecule has 1 aromatic carbocycles. The van der Waals surface area contributed by atoms with Crippen LogP contribution in [0.3, 0.4) is 0 Å². The van der Waals surface area contributed by atoms with E-state index in [-0.39, 0.29) is 6.54 Å². The maximum atomic E-state index is 12.4. The van der Waals surface area contributed by atoms with Crippen LogP contribution < -0.4 is 9.62 Å². The van der Waals surface area contributed by atoms with Gasteiger partial charge in [0.25, 0.3) is 0 Å². The fourth-order valence-electron chi connectivity index (χ4n) is 2.24. The molecule has 1 atom stereocenters. The highest BCUT2D eigenvalue weighted by molar-refractivity contribution is 7.92. The molecule has 0 unspecified atom stereocenters. The molecule has 1 heterocycles. The third-order valence-corrected chi connectivity index (χ3v) is 4.85. The number of nitrogens with zero attached hydrogens (tertiary/aromatic N) is 2. The first kappa shape index (κ1) is 18.2. The van der Waals surface area contributed by atoms with Crippen molar-refractivity contribution >= 4 is 33.2 Å². The quantitative estimate of drug-likeness (QED) is 0.848. The van der Waals surface area contributed by atoms with Gasteiger partial charge in [-0.25, -0.2) is 8.42 Å². The average Bonchev–Trinajstić information content (AvgIpc) is 2.54. The Hall–Kier alpha value is -2.12. The van der Waals surface area contributed by atoms with Crippen LogP contribution in [-0.4, -0.2) is 31.6 Å². The third-order valence-electron chi connectivity index (χ3n) is 3.36. The van der Waals surface area contributed by atoms with Crippen molar-refractivity contribution in [3.63, 3.8) is 0 Å². The lowest BCUT2D eigenvalue weighted by Crippen LogP contribution is -2.47. The van der Waals surface area contributed by atoms with Gasteiger partial charge < -0.3 is 5.32 Å². The first-order valence-electron chi connectivity index (χ1n) is 7.20. The maximum absolute atomic E-state index is 12.4. The Morgan fingerprint density at radius 2 is 1.96 bits per heavy atom. The molecular formula is C16H18ClN3O3S. The van der Waals surface area contributed by atoms with Gasteiger partial charge in [0.2, 0.25) is 15.9 Å². The number of amides is 1. The normalized spacial score (nSPS) is 12.5. The SMILES string of the molecule is C[C@@H](C(=O)NCc1cccnc1)N(c1ccc(Cl)cc1)S(C)(=O)=O. The molecule has 0 aliphatic heterocycles. The Kier molecular flexibility index (Phi) is 5.80. The Labute approximate surface area is 146 Å². The summed E-state index contributed by atoms with van der Waals surface area (Å²) in [6.07, 6.45) is 4.34. The number of hydrogen-bond donors (Lipinski definition) is 1. The second-order valence-corrected chi connectivity index (χ2v) is 7.59. The lowest BCUT2D eigenvalue weighted by atomic mass is 10.2. The standard InChI is InChI=1S/C16H18ClN3O3S/c1-12(16(21)19-11-13-4-3-9-18-10-13)20(24(2,22)23)15-7-5-14(17)6-8-15/h3-10,12H,11H2,1-2H3,(H,19,21)/t12-/m0/s1. The van der Waals surface area contributed by atoms with E-state index in [9.17, 15) is 13.2 Å². The zero-order chi connectivity index (χ0) is 17.7. The van der Waals surface area contributed by atoms with E-state index in [1.54, 1.807) is 42.7 Å². The van der Waals surface area contributed by atoms with Crippen molar-refractivity contribution in [1.82, 2.24) is 10.3 Å². The van der Waals surface area contributed by atoms with Crippen LogP contribution >= 0.6 is 11.6 Å². The second-order valence-electron chi connectivity index (χ2n) is 5.29. The molecule has 8 heteroatoms. The highest BCUT2D eigenvalue weighted by Gasteiger charge is 2.28. The molecule has 6 nitrogen and oxygen atoms in total. The van der Waals surface area contributed by atoms with Crippen LogP contribution in [-0.2, 0) is 21.4 Å². The Morgan fingerprint density at radius 3 is 2.50 bits per heavy atom. The monoisotopic (exact) mass is 367 g/mol. The zero-order valence-electron chi connectivity index (χ0n) is 13.3. The Morgan fingerprint density at radius 1 is 1.29 bits per heavy atom. The molecule has 0 aliphatic rings. The third kappa shape index (κ3) is 4.69. The smallest absolute Gasteiger partial charge is 0.243 e. The number of halogens is 1. The number of sulfonamides is 1. The molecule has 2 aromatic rings. The first-order chi connectivity index (χ1) is 11.3. The number of carbonyl (C=O) groups is 1. The molecular weight excluding hydrogens is 350 g/mol. The molecule has 0 saturated heterocycles. The van der Waals surface area contributed by atoms with Gasteiger partial charge in [-0.05, 0) is 42.8 Å². The fraction of sp³-hybridized carbons (Fsp3) is 0.250. The van der Waals surface area contributed by atoms with E-state index in [1.165, 1.54) is 6.92 Å². The molecule has 0 spiro atoms. The topological polar surface area (TPSA) is 79.4 Å². The fourth-order valence-corrected chi connectivity index (χ4v) is 3.54. The number of anilines is 1. The van der Waals surface area contributed by atoms with E-state index < -0.39 is 22.0 Å². The van der Waals surface area contributed by atoms with Crippen LogP contribution in [0.25, 0.3) is 0 Å². The summed E-state index contributed by atoms with van der Waals surface area (Å²) in [6.45, 7) is 1.81. The van der Waals surface area contributed by atoms with E-state index in [2.05, 4.69) is 10.3 Å². The molecule has 1 amide bonds. The van der Waals surface area contributed by atoms with Crippen LogP contribution in [0, 0.1) is 0 Å². The number of pyridine rings is 1. The summed E-state index contributed by atoms with van der Waals surface area (Å²) in [5, 5.41) is 3.21. The Bertz CT molecular complexity index is 795. The van der Waals surface area contributed by atoms with E-state index in [1.807, 2.05) is 6.07 Å². The molecule has 0 bridgehead atoms. The van der Waals surface area contributed by atoms with Crippen molar-refractivity contribution in [1.29, 1.82) is 0 Å². The van der Waals surface area contributed by atoms with Crippen LogP contribution in [0.4, 0.5) is 5.69 Å². The summed E-state index contributed by atoms with van der Waals surface area (Å²) in [6, 6.07) is 8.97. The number of hydrogen-bond acceptors (Lipinski definition) is 4. The van der Waals surface area contributed by atoms with E-state index in [4.69, 9.17) is 11.6 Å². The average molecular weight is 368 g/mol. The van der Waals surface area contributed by atoms with Gasteiger partial charge in [-0.15, -0.1) is 0 Å². The number of carbonyl (C=O) groups excluding carboxylic acids is 1. The lowest BCUT2D eigenvalue weighted by Gasteiger charge is -2.28. The summed E-state index contributed by atoms with van der Waals surface area (Å²) in [5.41, 5.74) is 1.21. The minimum atomic E-state index is -3.64. The van der Waals surface area contributed by atoms with Gasteiger partial charge in [-0.2, -0.15) is 0 Å². The predicted molar refractivity (Wildman–Crippen MR) is 94.3 cm³/mol. The Balaban J connectivity index is 2.17. The second kappa shape index (κ2) is 7.63. The van der Waals surface area contributed by atoms with Gasteiger partial charge in [-0.3, -0.25) is 14.1 Å². The number of rotatable bonds is 6. The van der Waals surface area contributed by atoms with Gasteiger partial charge in [0, 0.05) is 24.0 Å². The molecule has 24 heavy (non-hydrogen) atoms. The zero-order valence-corrected chi connectivity index (χ0v) is 14.9. The van der Waals surface area contributed by atoms with Gasteiger partial charge in [0.05, 0.1) is 11.9 Å². The molecule has 0 saturated carbocycles. The van der Waals surface area contributed by atoms with E-state index in [0.717, 1.165) is 16.1 Å². The molecule has 128 valence electrons. The summed E-state index contributed by atoms with van der Waals surface area (Å²) in [5.74, 6) is -0.403. The van der Waals surface area contributed by atoms with E-state index >= 15 is 0 Å². The van der Waals surface area contributed by atoms with Crippen LogP contribution in [0.15, 0.2) is 48.8 Å². The summed E-state index contributed by atoms with van der Waals surface area (Å²) in [7, 11) is -3.64. The van der Waals surface area contributed by atoms with Crippen molar-refractivity contribution in [3.8, 4) is 0 Å². The van der Waals surface area contributed by atoms with Crippen molar-refractivity contribution in [2.75, 3.05) is 10.6 Å². The molecule has 0 aliphatic carbocycles. The van der Waals surface area contributed by atoms with Crippen molar-refractivity contribution in [2.24, 2.45) is 0 Å². The van der Waals surface area contributed by atoms with Crippen LogP contribution in [0.5, 0.6) is 0 Å². The molecule has 1 N–H and O–H groups in total. The van der Waals surface area contributed by atoms with Crippen LogP contribution in [0.1, 0.15) is 12.5 Å². The summed E-state index contributed by atoms with van der Waals surface area (Å²) >= 11 is 5.84. The van der Waals surface area contributed by atoms with Gasteiger partial charge in [0.1, 0.15) is 6.04 Å². The van der Waals surface area contributed by atoms with Crippen molar-refractivity contribution in [3.05, 3.63) is 59.4 Å². The summed E-state index contributed by atoms with van der Waals surface area (Å²) in [4.78, 5) is 16.3. The van der Waals surface area contributed by atoms with Crippen molar-refractivity contribution in [2.45, 2.75) is 19.5 Å². The molecule has 0 fully saturated rings. The largest absolute Gasteiger partial charge is 0.350 e. The van der Waals surface area contributed by atoms with Crippen molar-refractivity contribution < 1.29 is 13.2 Å². The highest BCUT2D eigenvalue weighted by atomic mass is 35.5. The lowest BCUT2D eigenvalue weighted by molar-refractivity contribution is -0.122. The summed E-state index contributed by atoms with van der Waals surface area (Å²) < 4.78 is 25.4. The number of aromatic nitrogens is 1. The minimum Gasteiger partial charge on any atom is -0.350 e. The van der Waals surface area contributed by atoms with Gasteiger partial charge in [-0.1, -0.05) is 17.7 Å².